The molecule has 0 spiro atoms. The predicted octanol–water partition coefficient (Wildman–Crippen LogP) is 5.29. The zero-order valence-electron chi connectivity index (χ0n) is 19.8. The van der Waals surface area contributed by atoms with Gasteiger partial charge in [0.15, 0.2) is 0 Å². The summed E-state index contributed by atoms with van der Waals surface area (Å²) in [4.78, 5) is 18.0. The molecule has 0 bridgehead atoms. The molecular weight excluding hydrogens is 496 g/mol. The molecule has 2 N–H and O–H groups in total. The molecule has 2 aromatic rings. The van der Waals surface area contributed by atoms with Crippen molar-refractivity contribution in [3.8, 4) is 12.1 Å². The van der Waals surface area contributed by atoms with Crippen molar-refractivity contribution >= 4 is 29.3 Å². The molecule has 2 aliphatic rings. The van der Waals surface area contributed by atoms with Crippen LogP contribution in [0, 0.1) is 22.7 Å². The van der Waals surface area contributed by atoms with Crippen LogP contribution in [0.25, 0.3) is 0 Å². The number of carbonyl (C=O) groups excluding carboxylic acids is 1. The van der Waals surface area contributed by atoms with Crippen LogP contribution in [0.2, 0.25) is 5.02 Å². The average Bonchev–Trinajstić information content (AvgIpc) is 3.11. The van der Waals surface area contributed by atoms with Crippen LogP contribution in [0.15, 0.2) is 58.1 Å². The Morgan fingerprint density at radius 1 is 1.25 bits per heavy atom. The lowest BCUT2D eigenvalue weighted by Gasteiger charge is -2.28. The van der Waals surface area contributed by atoms with Crippen LogP contribution in [0.1, 0.15) is 54.5 Å². The molecule has 0 saturated heterocycles. The third-order valence-corrected chi connectivity index (χ3v) is 7.52. The molecule has 184 valence electrons. The largest absolute Gasteiger partial charge is 0.463 e. The van der Waals surface area contributed by atoms with E-state index < -0.39 is 11.9 Å². The first-order valence-corrected chi connectivity index (χ1v) is 13.1. The molecular formula is C27H25ClN4O3S. The Labute approximate surface area is 219 Å². The van der Waals surface area contributed by atoms with Crippen molar-refractivity contribution in [3.63, 3.8) is 0 Å². The summed E-state index contributed by atoms with van der Waals surface area (Å²) >= 11 is 7.77. The summed E-state index contributed by atoms with van der Waals surface area (Å²) in [5.41, 5.74) is 9.57. The molecule has 1 atom stereocenters. The normalized spacial score (nSPS) is 17.4. The lowest BCUT2D eigenvalue weighted by molar-refractivity contribution is -0.139. The number of esters is 1. The van der Waals surface area contributed by atoms with Crippen molar-refractivity contribution in [2.24, 2.45) is 5.73 Å². The van der Waals surface area contributed by atoms with Gasteiger partial charge in [0.1, 0.15) is 28.5 Å². The van der Waals surface area contributed by atoms with Crippen molar-refractivity contribution in [3.05, 3.63) is 80.5 Å². The van der Waals surface area contributed by atoms with Gasteiger partial charge in [-0.3, -0.25) is 0 Å². The molecule has 7 nitrogen and oxygen atoms in total. The summed E-state index contributed by atoms with van der Waals surface area (Å²) in [5, 5.41) is 20.6. The first-order valence-electron chi connectivity index (χ1n) is 11.8. The molecule has 1 aliphatic heterocycles. The minimum absolute atomic E-state index is 0.0840. The van der Waals surface area contributed by atoms with Crippen LogP contribution in [0.3, 0.4) is 0 Å². The van der Waals surface area contributed by atoms with Crippen LogP contribution in [0.5, 0.6) is 0 Å². The standard InChI is InChI=1S/C27H25ClN4O3S/c1-2-34-27(33)24-22(35-25(31)19(14-30)23(24)18-9-6-7-10-20(18)28)15-36-26-17(13-29)12-16-8-4-3-5-11-21(16)32-26/h6-7,9-10,12,23H,2-5,8,11,15,31H2,1H3/t23-/m1/s1. The van der Waals surface area contributed by atoms with Crippen LogP contribution in [-0.2, 0) is 27.1 Å². The second-order valence-electron chi connectivity index (χ2n) is 8.41. The lowest BCUT2D eigenvalue weighted by atomic mass is 9.83. The number of fused-ring (bicyclic) bond motifs is 1. The number of hydrogen-bond donors (Lipinski definition) is 1. The molecule has 0 fully saturated rings. The van der Waals surface area contributed by atoms with Gasteiger partial charge < -0.3 is 15.2 Å². The van der Waals surface area contributed by atoms with E-state index in [0.29, 0.717) is 21.2 Å². The molecule has 36 heavy (non-hydrogen) atoms. The molecule has 1 aliphatic carbocycles. The Kier molecular flexibility index (Phi) is 8.20. The van der Waals surface area contributed by atoms with Gasteiger partial charge in [0, 0.05) is 10.7 Å². The first kappa shape index (κ1) is 25.6. The predicted molar refractivity (Wildman–Crippen MR) is 137 cm³/mol. The van der Waals surface area contributed by atoms with Crippen molar-refractivity contribution in [2.75, 3.05) is 12.4 Å². The van der Waals surface area contributed by atoms with Gasteiger partial charge in [-0.1, -0.05) is 48.0 Å². The van der Waals surface area contributed by atoms with Gasteiger partial charge in [0.05, 0.1) is 29.4 Å². The molecule has 1 aromatic heterocycles. The highest BCUT2D eigenvalue weighted by atomic mass is 35.5. The number of nitrogens with two attached hydrogens (primary N) is 1. The zero-order valence-corrected chi connectivity index (χ0v) is 21.4. The number of rotatable bonds is 6. The van der Waals surface area contributed by atoms with E-state index in [1.165, 1.54) is 11.8 Å². The number of nitriles is 2. The van der Waals surface area contributed by atoms with Gasteiger partial charge in [0.2, 0.25) is 5.88 Å². The SMILES string of the molecule is CCOC(=O)C1=C(CSc2nc3c(cc2C#N)CCCCC3)OC(N)=C(C#N)[C@H]1c1ccccc1Cl. The smallest absolute Gasteiger partial charge is 0.338 e. The summed E-state index contributed by atoms with van der Waals surface area (Å²) in [7, 11) is 0. The quantitative estimate of drug-likeness (QED) is 0.309. The van der Waals surface area contributed by atoms with Crippen LogP contribution < -0.4 is 5.73 Å². The fourth-order valence-electron chi connectivity index (χ4n) is 4.49. The van der Waals surface area contributed by atoms with Crippen molar-refractivity contribution in [1.82, 2.24) is 4.98 Å². The highest BCUT2D eigenvalue weighted by Crippen LogP contribution is 2.43. The highest BCUT2D eigenvalue weighted by Gasteiger charge is 2.38. The third-order valence-electron chi connectivity index (χ3n) is 6.18. The van der Waals surface area contributed by atoms with E-state index in [0.717, 1.165) is 43.4 Å². The van der Waals surface area contributed by atoms with Crippen LogP contribution in [0.4, 0.5) is 0 Å². The number of carbonyl (C=O) groups is 1. The van der Waals surface area contributed by atoms with Gasteiger partial charge in [-0.05, 0) is 55.9 Å². The Bertz CT molecular complexity index is 1340. The van der Waals surface area contributed by atoms with Gasteiger partial charge in [-0.2, -0.15) is 10.5 Å². The maximum absolute atomic E-state index is 13.2. The molecule has 0 unspecified atom stereocenters. The molecule has 0 amide bonds. The van der Waals surface area contributed by atoms with Crippen molar-refractivity contribution in [2.45, 2.75) is 50.0 Å². The Balaban J connectivity index is 1.77. The second-order valence-corrected chi connectivity index (χ2v) is 9.78. The summed E-state index contributed by atoms with van der Waals surface area (Å²) in [6.45, 7) is 1.85. The van der Waals surface area contributed by atoms with Gasteiger partial charge in [-0.25, -0.2) is 9.78 Å². The number of halogens is 1. The molecule has 0 radical (unpaired) electrons. The molecule has 0 saturated carbocycles. The zero-order chi connectivity index (χ0) is 25.7. The maximum Gasteiger partial charge on any atom is 0.338 e. The van der Waals surface area contributed by atoms with E-state index in [1.807, 2.05) is 6.07 Å². The number of nitrogens with zero attached hydrogens (tertiary/aromatic N) is 3. The van der Waals surface area contributed by atoms with Crippen LogP contribution >= 0.6 is 23.4 Å². The first-order chi connectivity index (χ1) is 17.5. The number of thioether (sulfide) groups is 1. The van der Waals surface area contributed by atoms with E-state index >= 15 is 0 Å². The topological polar surface area (TPSA) is 122 Å². The van der Waals surface area contributed by atoms with Crippen molar-refractivity contribution in [1.29, 1.82) is 10.5 Å². The van der Waals surface area contributed by atoms with E-state index in [-0.39, 0.29) is 35.1 Å². The maximum atomic E-state index is 13.2. The number of pyridine rings is 1. The molecule has 2 heterocycles. The number of allylic oxidation sites excluding steroid dienone is 1. The fraction of sp³-hybridized carbons (Fsp3) is 0.333. The highest BCUT2D eigenvalue weighted by molar-refractivity contribution is 7.99. The van der Waals surface area contributed by atoms with E-state index in [4.69, 9.17) is 31.8 Å². The molecule has 9 heteroatoms. The number of aryl methyl sites for hydroxylation is 2. The van der Waals surface area contributed by atoms with Gasteiger partial charge >= 0.3 is 5.97 Å². The van der Waals surface area contributed by atoms with Crippen LogP contribution in [-0.4, -0.2) is 23.3 Å². The summed E-state index contributed by atoms with van der Waals surface area (Å²) in [5.74, 6) is -1.15. The molecule has 4 rings (SSSR count). The van der Waals surface area contributed by atoms with E-state index in [9.17, 15) is 15.3 Å². The number of aromatic nitrogens is 1. The summed E-state index contributed by atoms with van der Waals surface area (Å²) < 4.78 is 11.2. The number of ether oxygens (including phenoxy) is 2. The Hall–Kier alpha value is -3.46. The third kappa shape index (κ3) is 5.21. The number of benzene rings is 1. The lowest BCUT2D eigenvalue weighted by Crippen LogP contribution is -2.27. The fourth-order valence-corrected chi connectivity index (χ4v) is 5.66. The average molecular weight is 521 g/mol. The Morgan fingerprint density at radius 3 is 2.75 bits per heavy atom. The van der Waals surface area contributed by atoms with Gasteiger partial charge in [0.25, 0.3) is 0 Å². The number of hydrogen-bond acceptors (Lipinski definition) is 8. The minimum atomic E-state index is -0.845. The van der Waals surface area contributed by atoms with Gasteiger partial charge in [-0.15, -0.1) is 0 Å². The Morgan fingerprint density at radius 2 is 2.03 bits per heavy atom. The summed E-state index contributed by atoms with van der Waals surface area (Å²) in [6, 6.07) is 13.2. The van der Waals surface area contributed by atoms with E-state index in [1.54, 1.807) is 31.2 Å². The monoisotopic (exact) mass is 520 g/mol. The minimum Gasteiger partial charge on any atom is -0.463 e. The van der Waals surface area contributed by atoms with E-state index in [2.05, 4.69) is 12.1 Å². The second kappa shape index (κ2) is 11.5. The van der Waals surface area contributed by atoms with Crippen molar-refractivity contribution < 1.29 is 14.3 Å². The molecule has 1 aromatic carbocycles. The summed E-state index contributed by atoms with van der Waals surface area (Å²) in [6.07, 6.45) is 5.08.